The van der Waals surface area contributed by atoms with Gasteiger partial charge in [-0.25, -0.2) is 9.18 Å². The van der Waals surface area contributed by atoms with Gasteiger partial charge in [0.1, 0.15) is 11.9 Å². The molecule has 3 rings (SSSR count). The number of nitrogens with zero attached hydrogens (tertiary/aromatic N) is 1. The molecule has 1 aromatic carbocycles. The molecular formula is C23H27ClFN3O4. The number of halogens is 2. The first-order valence-corrected chi connectivity index (χ1v) is 10.9. The van der Waals surface area contributed by atoms with Crippen LogP contribution in [0, 0.1) is 11.7 Å². The van der Waals surface area contributed by atoms with Crippen molar-refractivity contribution in [3.05, 3.63) is 58.6 Å². The summed E-state index contributed by atoms with van der Waals surface area (Å²) in [5, 5.41) is 6.02. The number of alkyl carbamates (subject to hydrolysis) is 1. The van der Waals surface area contributed by atoms with Crippen LogP contribution >= 0.6 is 11.6 Å². The Morgan fingerprint density at radius 2 is 1.94 bits per heavy atom. The Labute approximate surface area is 191 Å². The maximum absolute atomic E-state index is 14.2. The number of anilines is 1. The largest absolute Gasteiger partial charge is 0.453 e. The summed E-state index contributed by atoms with van der Waals surface area (Å²) in [5.41, 5.74) is 1.47. The molecule has 172 valence electrons. The van der Waals surface area contributed by atoms with E-state index in [1.54, 1.807) is 19.1 Å². The standard InChI is InChI=1S/C23H27ClFN3O4/c1-3-17-18(25)12-26-13-19(17)27-22(29)21(28-23(30)31-2)20(15-8-10-32-11-9-15)14-4-6-16(24)7-5-14/h4-7,12-13,15,20-21H,3,8-11H2,1-2H3,(H,27,29)(H,28,30)/t20-,21-/m0/s1. The normalized spacial score (nSPS) is 16.1. The van der Waals surface area contributed by atoms with Crippen molar-refractivity contribution in [1.82, 2.24) is 10.3 Å². The fourth-order valence-corrected chi connectivity index (χ4v) is 4.27. The molecule has 2 N–H and O–H groups in total. The second kappa shape index (κ2) is 11.2. The number of hydrogen-bond acceptors (Lipinski definition) is 5. The first kappa shape index (κ1) is 23.9. The van der Waals surface area contributed by atoms with Crippen LogP contribution in [0.5, 0.6) is 0 Å². The number of rotatable bonds is 7. The Bertz CT molecular complexity index is 935. The highest BCUT2D eigenvalue weighted by atomic mass is 35.5. The summed E-state index contributed by atoms with van der Waals surface area (Å²) in [7, 11) is 1.24. The van der Waals surface area contributed by atoms with Crippen molar-refractivity contribution >= 4 is 29.3 Å². The number of pyridine rings is 1. The molecule has 2 atom stereocenters. The molecule has 0 spiro atoms. The van der Waals surface area contributed by atoms with Gasteiger partial charge in [0.2, 0.25) is 5.91 Å². The van der Waals surface area contributed by atoms with E-state index in [0.29, 0.717) is 30.2 Å². The zero-order chi connectivity index (χ0) is 23.1. The van der Waals surface area contributed by atoms with Crippen molar-refractivity contribution in [1.29, 1.82) is 0 Å². The Hall–Kier alpha value is -2.71. The third kappa shape index (κ3) is 5.75. The molecule has 0 saturated carbocycles. The minimum absolute atomic E-state index is 0.0640. The fourth-order valence-electron chi connectivity index (χ4n) is 4.14. The molecule has 0 aliphatic carbocycles. The summed E-state index contributed by atoms with van der Waals surface area (Å²) in [6, 6.07) is 6.23. The lowest BCUT2D eigenvalue weighted by Gasteiger charge is -2.35. The second-order valence-electron chi connectivity index (χ2n) is 7.63. The third-order valence-electron chi connectivity index (χ3n) is 5.75. The van der Waals surface area contributed by atoms with Gasteiger partial charge in [0.25, 0.3) is 0 Å². The predicted molar refractivity (Wildman–Crippen MR) is 119 cm³/mol. The molecule has 7 nitrogen and oxygen atoms in total. The van der Waals surface area contributed by atoms with Crippen LogP contribution in [0.4, 0.5) is 14.9 Å². The summed E-state index contributed by atoms with van der Waals surface area (Å²) in [6.45, 7) is 2.92. The Balaban J connectivity index is 1.99. The van der Waals surface area contributed by atoms with E-state index in [4.69, 9.17) is 21.1 Å². The highest BCUT2D eigenvalue weighted by Crippen LogP contribution is 2.36. The van der Waals surface area contributed by atoms with Crippen LogP contribution in [-0.4, -0.2) is 43.3 Å². The molecule has 1 saturated heterocycles. The van der Waals surface area contributed by atoms with Gasteiger partial charge in [0.05, 0.1) is 25.2 Å². The van der Waals surface area contributed by atoms with Crippen LogP contribution in [0.15, 0.2) is 36.7 Å². The molecule has 9 heteroatoms. The van der Waals surface area contributed by atoms with Crippen molar-refractivity contribution < 1.29 is 23.5 Å². The number of benzene rings is 1. The average Bonchev–Trinajstić information content (AvgIpc) is 2.80. The lowest BCUT2D eigenvalue weighted by atomic mass is 9.76. The number of amides is 2. The van der Waals surface area contributed by atoms with E-state index < -0.39 is 23.9 Å². The topological polar surface area (TPSA) is 89.6 Å². The van der Waals surface area contributed by atoms with Crippen LogP contribution < -0.4 is 10.6 Å². The first-order valence-electron chi connectivity index (χ1n) is 10.6. The van der Waals surface area contributed by atoms with Gasteiger partial charge in [-0.3, -0.25) is 9.78 Å². The molecule has 0 unspecified atom stereocenters. The highest BCUT2D eigenvalue weighted by Gasteiger charge is 2.38. The lowest BCUT2D eigenvalue weighted by molar-refractivity contribution is -0.119. The Morgan fingerprint density at radius 3 is 2.56 bits per heavy atom. The minimum Gasteiger partial charge on any atom is -0.453 e. The monoisotopic (exact) mass is 463 g/mol. The highest BCUT2D eigenvalue weighted by molar-refractivity contribution is 6.30. The van der Waals surface area contributed by atoms with Crippen molar-refractivity contribution in [2.75, 3.05) is 25.6 Å². The minimum atomic E-state index is -0.973. The zero-order valence-corrected chi connectivity index (χ0v) is 18.8. The molecule has 2 heterocycles. The van der Waals surface area contributed by atoms with E-state index >= 15 is 0 Å². The maximum atomic E-state index is 14.2. The number of methoxy groups -OCH3 is 1. The molecule has 1 fully saturated rings. The van der Waals surface area contributed by atoms with E-state index in [0.717, 1.165) is 24.6 Å². The molecule has 1 aliphatic heterocycles. The van der Waals surface area contributed by atoms with E-state index in [1.165, 1.54) is 13.3 Å². The summed E-state index contributed by atoms with van der Waals surface area (Å²) in [6.07, 6.45) is 3.60. The molecule has 2 aromatic rings. The molecule has 0 radical (unpaired) electrons. The predicted octanol–water partition coefficient (Wildman–Crippen LogP) is 4.31. The number of carbonyl (C=O) groups is 2. The number of aromatic nitrogens is 1. The first-order chi connectivity index (χ1) is 15.4. The van der Waals surface area contributed by atoms with Crippen molar-refractivity contribution in [3.8, 4) is 0 Å². The lowest BCUT2D eigenvalue weighted by Crippen LogP contribution is -2.50. The van der Waals surface area contributed by atoms with Gasteiger partial charge in [0.15, 0.2) is 0 Å². The Morgan fingerprint density at radius 1 is 1.25 bits per heavy atom. The van der Waals surface area contributed by atoms with Crippen molar-refractivity contribution in [2.24, 2.45) is 5.92 Å². The second-order valence-corrected chi connectivity index (χ2v) is 8.07. The zero-order valence-electron chi connectivity index (χ0n) is 18.1. The quantitative estimate of drug-likeness (QED) is 0.638. The van der Waals surface area contributed by atoms with Crippen LogP contribution in [0.1, 0.15) is 36.8 Å². The molecule has 0 bridgehead atoms. The van der Waals surface area contributed by atoms with Gasteiger partial charge >= 0.3 is 6.09 Å². The fraction of sp³-hybridized carbons (Fsp3) is 0.435. The van der Waals surface area contributed by atoms with Crippen molar-refractivity contribution in [2.45, 2.75) is 38.1 Å². The number of ether oxygens (including phenoxy) is 2. The molecular weight excluding hydrogens is 437 g/mol. The molecule has 32 heavy (non-hydrogen) atoms. The van der Waals surface area contributed by atoms with Crippen molar-refractivity contribution in [3.63, 3.8) is 0 Å². The summed E-state index contributed by atoms with van der Waals surface area (Å²) in [5.74, 6) is -1.29. The molecule has 2 amide bonds. The molecule has 1 aliphatic rings. The van der Waals surface area contributed by atoms with Crippen LogP contribution in [0.3, 0.4) is 0 Å². The number of hydrogen-bond donors (Lipinski definition) is 2. The van der Waals surface area contributed by atoms with Gasteiger partial charge in [-0.2, -0.15) is 0 Å². The van der Waals surface area contributed by atoms with E-state index in [9.17, 15) is 14.0 Å². The summed E-state index contributed by atoms with van der Waals surface area (Å²) < 4.78 is 24.5. The van der Waals surface area contributed by atoms with E-state index in [1.807, 2.05) is 12.1 Å². The summed E-state index contributed by atoms with van der Waals surface area (Å²) >= 11 is 6.08. The van der Waals surface area contributed by atoms with Crippen LogP contribution in [-0.2, 0) is 20.7 Å². The van der Waals surface area contributed by atoms with Gasteiger partial charge in [0, 0.05) is 29.7 Å². The average molecular weight is 464 g/mol. The SMILES string of the molecule is CCc1c(F)cncc1NC(=O)[C@@H](NC(=O)OC)[C@@H](c1ccc(Cl)cc1)C1CCOCC1. The van der Waals surface area contributed by atoms with E-state index in [2.05, 4.69) is 15.6 Å². The summed E-state index contributed by atoms with van der Waals surface area (Å²) in [4.78, 5) is 29.5. The number of nitrogens with one attached hydrogen (secondary N) is 2. The third-order valence-corrected chi connectivity index (χ3v) is 6.00. The maximum Gasteiger partial charge on any atom is 0.407 e. The van der Waals surface area contributed by atoms with Gasteiger partial charge < -0.3 is 20.1 Å². The molecule has 1 aromatic heterocycles. The van der Waals surface area contributed by atoms with Gasteiger partial charge in [-0.05, 0) is 42.9 Å². The van der Waals surface area contributed by atoms with Gasteiger partial charge in [-0.1, -0.05) is 30.7 Å². The smallest absolute Gasteiger partial charge is 0.407 e. The number of carbonyl (C=O) groups excluding carboxylic acids is 2. The van der Waals surface area contributed by atoms with Gasteiger partial charge in [-0.15, -0.1) is 0 Å². The van der Waals surface area contributed by atoms with E-state index in [-0.39, 0.29) is 17.5 Å². The van der Waals surface area contributed by atoms with Crippen LogP contribution in [0.2, 0.25) is 5.02 Å². The Kier molecular flexibility index (Phi) is 8.41. The van der Waals surface area contributed by atoms with Crippen LogP contribution in [0.25, 0.3) is 0 Å².